The molecular formula is C14H21N3. The van der Waals surface area contributed by atoms with E-state index in [4.69, 9.17) is 0 Å². The van der Waals surface area contributed by atoms with Gasteiger partial charge in [-0.25, -0.2) is 0 Å². The average Bonchev–Trinajstić information content (AvgIpc) is 2.52. The Hall–Kier alpha value is -1.51. The molecule has 0 bridgehead atoms. The number of hydrogen-bond donors (Lipinski definition) is 0. The van der Waals surface area contributed by atoms with Crippen molar-refractivity contribution >= 4 is 12.2 Å². The van der Waals surface area contributed by atoms with E-state index >= 15 is 0 Å². The van der Waals surface area contributed by atoms with Crippen molar-refractivity contribution in [1.82, 2.24) is 15.4 Å². The molecular weight excluding hydrogens is 210 g/mol. The number of hydrogen-bond acceptors (Lipinski definition) is 3. The highest BCUT2D eigenvalue weighted by Gasteiger charge is 2.16. The Balaban J connectivity index is 0.000000437. The Labute approximate surface area is 104 Å². The molecule has 3 heteroatoms. The lowest BCUT2D eigenvalue weighted by Crippen LogP contribution is -2.05. The van der Waals surface area contributed by atoms with Crippen LogP contribution >= 0.6 is 0 Å². The van der Waals surface area contributed by atoms with Crippen molar-refractivity contribution < 1.29 is 0 Å². The molecule has 0 N–H and O–H groups in total. The molecule has 0 amide bonds. The summed E-state index contributed by atoms with van der Waals surface area (Å²) in [5.74, 6) is 0. The molecule has 0 spiro atoms. The fourth-order valence-corrected chi connectivity index (χ4v) is 1.38. The van der Waals surface area contributed by atoms with E-state index in [0.29, 0.717) is 0 Å². The van der Waals surface area contributed by atoms with E-state index in [1.165, 1.54) is 6.42 Å². The van der Waals surface area contributed by atoms with Crippen molar-refractivity contribution in [2.75, 3.05) is 0 Å². The molecule has 2 rings (SSSR count). The van der Waals surface area contributed by atoms with E-state index in [9.17, 15) is 0 Å². The average molecular weight is 231 g/mol. The van der Waals surface area contributed by atoms with Crippen LogP contribution in [0.25, 0.3) is 12.2 Å². The summed E-state index contributed by atoms with van der Waals surface area (Å²) in [5, 5.41) is 11.4. The third-order valence-electron chi connectivity index (χ3n) is 2.72. The minimum absolute atomic E-state index is 0.126. The molecule has 0 fully saturated rings. The molecule has 92 valence electrons. The third-order valence-corrected chi connectivity index (χ3v) is 2.72. The Morgan fingerprint density at radius 3 is 2.41 bits per heavy atom. The summed E-state index contributed by atoms with van der Waals surface area (Å²) in [6.07, 6.45) is 12.5. The first-order chi connectivity index (χ1) is 8.15. The predicted molar refractivity (Wildman–Crippen MR) is 72.3 cm³/mol. The molecule has 1 aromatic rings. The number of rotatable bonds is 1. The topological polar surface area (TPSA) is 38.7 Å². The van der Waals surface area contributed by atoms with Crippen molar-refractivity contribution in [3.05, 3.63) is 29.6 Å². The van der Waals surface area contributed by atoms with Gasteiger partial charge in [-0.1, -0.05) is 52.3 Å². The zero-order chi connectivity index (χ0) is 12.7. The standard InChI is InChI=1S/C11H13N3.C3H8/c1-3-11(2)6-4-9-8-12-14-13-10(9)5-7-11;1-3-2/h4-8H,3H2,1-2H3;3H2,1-2H3. The van der Waals surface area contributed by atoms with E-state index in [-0.39, 0.29) is 5.41 Å². The van der Waals surface area contributed by atoms with Crippen molar-refractivity contribution in [3.8, 4) is 0 Å². The van der Waals surface area contributed by atoms with Gasteiger partial charge in [0.05, 0.1) is 11.9 Å². The molecule has 3 nitrogen and oxygen atoms in total. The minimum Gasteiger partial charge on any atom is -0.138 e. The van der Waals surface area contributed by atoms with E-state index in [1.807, 2.05) is 6.08 Å². The molecule has 1 unspecified atom stereocenters. The Morgan fingerprint density at radius 2 is 1.76 bits per heavy atom. The van der Waals surface area contributed by atoms with Crippen LogP contribution in [0.5, 0.6) is 0 Å². The molecule has 0 aromatic carbocycles. The highest BCUT2D eigenvalue weighted by atomic mass is 15.3. The summed E-state index contributed by atoms with van der Waals surface area (Å²) in [6, 6.07) is 0. The van der Waals surface area contributed by atoms with Crippen LogP contribution in [0.4, 0.5) is 0 Å². The van der Waals surface area contributed by atoms with Gasteiger partial charge in [-0.05, 0) is 17.7 Å². The molecule has 1 aliphatic rings. The van der Waals surface area contributed by atoms with E-state index in [0.717, 1.165) is 17.7 Å². The van der Waals surface area contributed by atoms with Crippen LogP contribution in [0.3, 0.4) is 0 Å². The van der Waals surface area contributed by atoms with Crippen LogP contribution < -0.4 is 0 Å². The molecule has 1 heterocycles. The van der Waals surface area contributed by atoms with Gasteiger partial charge in [0.15, 0.2) is 0 Å². The summed E-state index contributed by atoms with van der Waals surface area (Å²) in [7, 11) is 0. The fraction of sp³-hybridized carbons (Fsp3) is 0.500. The van der Waals surface area contributed by atoms with Crippen LogP contribution in [-0.2, 0) is 0 Å². The largest absolute Gasteiger partial charge is 0.138 e. The van der Waals surface area contributed by atoms with E-state index < -0.39 is 0 Å². The normalized spacial score (nSPS) is 21.2. The zero-order valence-electron chi connectivity index (χ0n) is 11.1. The first kappa shape index (κ1) is 13.6. The lowest BCUT2D eigenvalue weighted by Gasteiger charge is -2.17. The summed E-state index contributed by atoms with van der Waals surface area (Å²) in [4.78, 5) is 0. The van der Waals surface area contributed by atoms with Crippen molar-refractivity contribution in [1.29, 1.82) is 0 Å². The van der Waals surface area contributed by atoms with Gasteiger partial charge in [-0.15, -0.1) is 10.2 Å². The molecule has 1 atom stereocenters. The predicted octanol–water partition coefficient (Wildman–Crippen LogP) is 3.74. The highest BCUT2D eigenvalue weighted by molar-refractivity contribution is 5.64. The van der Waals surface area contributed by atoms with Gasteiger partial charge < -0.3 is 0 Å². The van der Waals surface area contributed by atoms with Gasteiger partial charge in [0.25, 0.3) is 0 Å². The maximum atomic E-state index is 3.98. The maximum Gasteiger partial charge on any atom is 0.0960 e. The summed E-state index contributed by atoms with van der Waals surface area (Å²) < 4.78 is 0. The van der Waals surface area contributed by atoms with Gasteiger partial charge in [-0.3, -0.25) is 0 Å². The Kier molecular flexibility index (Phi) is 5.01. The monoisotopic (exact) mass is 231 g/mol. The molecule has 0 radical (unpaired) electrons. The fourth-order valence-electron chi connectivity index (χ4n) is 1.38. The second kappa shape index (κ2) is 6.28. The van der Waals surface area contributed by atoms with Crippen LogP contribution in [0.15, 0.2) is 18.3 Å². The van der Waals surface area contributed by atoms with Crippen molar-refractivity contribution in [2.24, 2.45) is 5.41 Å². The number of nitrogens with zero attached hydrogens (tertiary/aromatic N) is 3. The number of aromatic nitrogens is 3. The van der Waals surface area contributed by atoms with Gasteiger partial charge in [-0.2, -0.15) is 0 Å². The maximum absolute atomic E-state index is 3.98. The smallest absolute Gasteiger partial charge is 0.0960 e. The lowest BCUT2D eigenvalue weighted by atomic mass is 9.87. The second-order valence-electron chi connectivity index (χ2n) is 4.51. The first-order valence-corrected chi connectivity index (χ1v) is 6.22. The Bertz CT molecular complexity index is 375. The van der Waals surface area contributed by atoms with Gasteiger partial charge in [0.2, 0.25) is 0 Å². The highest BCUT2D eigenvalue weighted by Crippen LogP contribution is 2.29. The summed E-state index contributed by atoms with van der Waals surface area (Å²) in [6.45, 7) is 8.63. The first-order valence-electron chi connectivity index (χ1n) is 6.22. The van der Waals surface area contributed by atoms with Gasteiger partial charge >= 0.3 is 0 Å². The SMILES string of the molecule is CCC.CCC1(C)C=Cc2cnnnc2C=C1. The van der Waals surface area contributed by atoms with E-state index in [2.05, 4.69) is 61.3 Å². The molecule has 0 aliphatic heterocycles. The quantitative estimate of drug-likeness (QED) is 0.739. The van der Waals surface area contributed by atoms with Crippen molar-refractivity contribution in [3.63, 3.8) is 0 Å². The van der Waals surface area contributed by atoms with E-state index in [1.54, 1.807) is 6.20 Å². The zero-order valence-corrected chi connectivity index (χ0v) is 11.1. The van der Waals surface area contributed by atoms with Crippen LogP contribution in [0, 0.1) is 5.41 Å². The van der Waals surface area contributed by atoms with Gasteiger partial charge in [0, 0.05) is 11.0 Å². The summed E-state index contributed by atoms with van der Waals surface area (Å²) >= 11 is 0. The van der Waals surface area contributed by atoms with Crippen LogP contribution in [0.2, 0.25) is 0 Å². The molecule has 17 heavy (non-hydrogen) atoms. The molecule has 1 aromatic heterocycles. The number of allylic oxidation sites excluding steroid dienone is 2. The van der Waals surface area contributed by atoms with Gasteiger partial charge in [0.1, 0.15) is 0 Å². The minimum atomic E-state index is 0.126. The Morgan fingerprint density at radius 1 is 1.12 bits per heavy atom. The van der Waals surface area contributed by atoms with Crippen LogP contribution in [0.1, 0.15) is 51.8 Å². The summed E-state index contributed by atoms with van der Waals surface area (Å²) in [5.41, 5.74) is 2.06. The second-order valence-corrected chi connectivity index (χ2v) is 4.51. The molecule has 0 saturated carbocycles. The van der Waals surface area contributed by atoms with Crippen molar-refractivity contribution in [2.45, 2.75) is 40.5 Å². The number of fused-ring (bicyclic) bond motifs is 1. The van der Waals surface area contributed by atoms with Crippen LogP contribution in [-0.4, -0.2) is 15.4 Å². The molecule has 0 saturated heterocycles. The lowest BCUT2D eigenvalue weighted by molar-refractivity contribution is 0.536. The molecule has 1 aliphatic carbocycles. The third kappa shape index (κ3) is 3.77.